The second kappa shape index (κ2) is 3.38. The van der Waals surface area contributed by atoms with Crippen LogP contribution in [0.2, 0.25) is 0 Å². The Hall–Kier alpha value is 0.367. The van der Waals surface area contributed by atoms with Crippen molar-refractivity contribution in [3.63, 3.8) is 0 Å². The molecule has 1 N–H and O–H groups in total. The van der Waals surface area contributed by atoms with E-state index in [1.54, 1.807) is 0 Å². The zero-order valence-electron chi connectivity index (χ0n) is 2.48. The van der Waals surface area contributed by atoms with E-state index in [2.05, 4.69) is 0 Å². The van der Waals surface area contributed by atoms with Crippen LogP contribution < -0.4 is 4.94 Å². The Bertz CT molecular complexity index is 118. The zero-order chi connectivity index (χ0) is 5.21. The summed E-state index contributed by atoms with van der Waals surface area (Å²) in [4.78, 5) is -0.0903. The summed E-state index contributed by atoms with van der Waals surface area (Å²) >= 11 is 0. The summed E-state index contributed by atoms with van der Waals surface area (Å²) in [5.74, 6) is 0. The van der Waals surface area contributed by atoms with E-state index in [1.165, 1.54) is 0 Å². The van der Waals surface area contributed by atoms with Gasteiger partial charge in [0.2, 0.25) is 0 Å². The maximum atomic E-state index is 10.6. The van der Waals surface area contributed by atoms with Gasteiger partial charge in [-0.05, 0) is 4.94 Å². The van der Waals surface area contributed by atoms with Crippen LogP contribution in [0, 0.1) is 0 Å². The molecule has 0 aromatic heterocycles. The fourth-order valence-corrected chi connectivity index (χ4v) is 0. The molecule has 0 spiro atoms. The Morgan fingerprint density at radius 3 is 1.57 bits per heavy atom. The van der Waals surface area contributed by atoms with Crippen LogP contribution in [0.5, 0.6) is 0 Å². The Kier molecular flexibility index (Phi) is 5.01. The summed E-state index contributed by atoms with van der Waals surface area (Å²) < 4.78 is 38.6. The summed E-state index contributed by atoms with van der Waals surface area (Å²) in [6, 6.07) is 0. The average Bonchev–Trinajstić information content (AvgIpc) is 1.35. The van der Waals surface area contributed by atoms with Crippen LogP contribution in [0.4, 0.5) is 8.37 Å². The standard InChI is InChI=1S/F2HNO2S.Li.H/c1-3-6(2,4)5;;/h3H;;. The minimum absolute atomic E-state index is 0. The molecule has 40 valence electrons. The van der Waals surface area contributed by atoms with E-state index in [0.717, 1.165) is 0 Å². The zero-order valence-corrected chi connectivity index (χ0v) is 3.30. The summed E-state index contributed by atoms with van der Waals surface area (Å²) in [7, 11) is -5.08. The van der Waals surface area contributed by atoms with Crippen LogP contribution in [-0.2, 0) is 10.4 Å². The van der Waals surface area contributed by atoms with Gasteiger partial charge in [0, 0.05) is 0 Å². The summed E-state index contributed by atoms with van der Waals surface area (Å²) in [6.07, 6.45) is 0. The summed E-state index contributed by atoms with van der Waals surface area (Å²) in [5.41, 5.74) is 0. The van der Waals surface area contributed by atoms with Crippen molar-refractivity contribution in [2.45, 2.75) is 0 Å². The van der Waals surface area contributed by atoms with Crippen molar-refractivity contribution in [1.29, 1.82) is 0 Å². The molecule has 0 aliphatic heterocycles. The van der Waals surface area contributed by atoms with Gasteiger partial charge in [-0.3, -0.25) is 0 Å². The fraction of sp³-hybridized carbons (Fsp3) is 0. The van der Waals surface area contributed by atoms with Crippen molar-refractivity contribution < 1.29 is 16.8 Å². The molecule has 0 aliphatic rings. The van der Waals surface area contributed by atoms with Crippen molar-refractivity contribution in [1.82, 2.24) is 4.94 Å². The second-order valence-corrected chi connectivity index (χ2v) is 1.54. The van der Waals surface area contributed by atoms with Gasteiger partial charge >= 0.3 is 29.3 Å². The molecular weight excluding hydrogens is 123 g/mol. The van der Waals surface area contributed by atoms with Crippen molar-refractivity contribution in [3.8, 4) is 0 Å². The molecule has 7 heteroatoms. The van der Waals surface area contributed by atoms with Crippen molar-refractivity contribution in [2.24, 2.45) is 0 Å². The van der Waals surface area contributed by atoms with E-state index >= 15 is 0 Å². The molecule has 0 amide bonds. The number of hydrogen-bond acceptors (Lipinski definition) is 2. The first-order valence-electron chi connectivity index (χ1n) is 0.881. The number of rotatable bonds is 1. The Morgan fingerprint density at radius 1 is 1.43 bits per heavy atom. The number of halogens is 2. The second-order valence-electron chi connectivity index (χ2n) is 0.515. The summed E-state index contributed by atoms with van der Waals surface area (Å²) in [6.45, 7) is 0. The van der Waals surface area contributed by atoms with Gasteiger partial charge in [0.25, 0.3) is 0 Å². The molecule has 7 heavy (non-hydrogen) atoms. The molecule has 0 fully saturated rings. The quantitative estimate of drug-likeness (QED) is 0.278. The Morgan fingerprint density at radius 2 is 1.57 bits per heavy atom. The van der Waals surface area contributed by atoms with Gasteiger partial charge in [0.05, 0.1) is 0 Å². The molecule has 0 unspecified atom stereocenters. The first kappa shape index (κ1) is 10.4. The van der Waals surface area contributed by atoms with Gasteiger partial charge in [-0.1, -0.05) is 3.89 Å². The first-order chi connectivity index (χ1) is 2.56. The Labute approximate surface area is 51.5 Å². The molecule has 0 aromatic rings. The third-order valence-corrected chi connectivity index (χ3v) is 0.276. The van der Waals surface area contributed by atoms with E-state index in [-0.39, 0.29) is 23.8 Å². The van der Waals surface area contributed by atoms with Gasteiger partial charge < -0.3 is 0 Å². The van der Waals surface area contributed by atoms with E-state index < -0.39 is 10.4 Å². The molecule has 0 aromatic carbocycles. The van der Waals surface area contributed by atoms with Crippen LogP contribution in [0.3, 0.4) is 0 Å². The van der Waals surface area contributed by atoms with E-state index in [4.69, 9.17) is 8.42 Å². The molecule has 0 saturated carbocycles. The SMILES string of the molecule is O=S(=O)(F)NF.[LiH]. The van der Waals surface area contributed by atoms with Gasteiger partial charge in [-0.15, -0.1) is 4.48 Å². The molecule has 0 aliphatic carbocycles. The van der Waals surface area contributed by atoms with Gasteiger partial charge in [-0.2, -0.15) is 8.42 Å². The predicted molar refractivity (Wildman–Crippen MR) is 21.4 cm³/mol. The van der Waals surface area contributed by atoms with Crippen LogP contribution in [0.25, 0.3) is 0 Å². The van der Waals surface area contributed by atoms with E-state index in [9.17, 15) is 8.37 Å². The normalized spacial score (nSPS) is 10.0. The van der Waals surface area contributed by atoms with Crippen LogP contribution in [-0.4, -0.2) is 27.3 Å². The van der Waals surface area contributed by atoms with Gasteiger partial charge in [-0.25, -0.2) is 0 Å². The molecule has 0 heterocycles. The molecule has 3 nitrogen and oxygen atoms in total. The number of nitrogens with one attached hydrogen (secondary N) is 1. The third kappa shape index (κ3) is 10.7. The predicted octanol–water partition coefficient (Wildman–Crippen LogP) is -0.974. The van der Waals surface area contributed by atoms with Gasteiger partial charge in [0.1, 0.15) is 0 Å². The van der Waals surface area contributed by atoms with E-state index in [1.807, 2.05) is 0 Å². The third-order valence-electron chi connectivity index (χ3n) is 0.0922. The molecule has 0 bridgehead atoms. The van der Waals surface area contributed by atoms with E-state index in [0.29, 0.717) is 0 Å². The molecule has 0 rings (SSSR count). The maximum absolute atomic E-state index is 10.6. The van der Waals surface area contributed by atoms with Crippen LogP contribution in [0.1, 0.15) is 0 Å². The van der Waals surface area contributed by atoms with Crippen molar-refractivity contribution in [2.75, 3.05) is 0 Å². The average molecular weight is 125 g/mol. The molecule has 0 saturated heterocycles. The molecule has 0 atom stereocenters. The topological polar surface area (TPSA) is 46.2 Å². The fourth-order valence-electron chi connectivity index (χ4n) is 0. The van der Waals surface area contributed by atoms with Crippen LogP contribution >= 0.6 is 0 Å². The Balaban J connectivity index is 0. The van der Waals surface area contributed by atoms with Crippen molar-refractivity contribution >= 4 is 29.3 Å². The minimum atomic E-state index is -5.08. The summed E-state index contributed by atoms with van der Waals surface area (Å²) in [5, 5.41) is 0. The molecular formula is H2F2LiNO2S. The van der Waals surface area contributed by atoms with Gasteiger partial charge in [0.15, 0.2) is 0 Å². The molecule has 0 radical (unpaired) electrons. The van der Waals surface area contributed by atoms with Crippen molar-refractivity contribution in [3.05, 3.63) is 0 Å². The number of hydrogen-bond donors (Lipinski definition) is 1. The first-order valence-corrected chi connectivity index (χ1v) is 2.26. The monoisotopic (exact) mass is 125 g/mol. The van der Waals surface area contributed by atoms with Crippen LogP contribution in [0.15, 0.2) is 0 Å².